The van der Waals surface area contributed by atoms with Crippen molar-refractivity contribution in [3.8, 4) is 11.5 Å². The van der Waals surface area contributed by atoms with Crippen LogP contribution in [0.4, 0.5) is 0 Å². The van der Waals surface area contributed by atoms with E-state index in [1.807, 2.05) is 31.2 Å². The van der Waals surface area contributed by atoms with Gasteiger partial charge in [-0.2, -0.15) is 0 Å². The van der Waals surface area contributed by atoms with Gasteiger partial charge in [0, 0.05) is 5.56 Å². The Hall–Kier alpha value is -3.07. The maximum atomic E-state index is 12.2. The third-order valence-corrected chi connectivity index (χ3v) is 6.43. The highest BCUT2D eigenvalue weighted by molar-refractivity contribution is 7.91. The minimum Gasteiger partial charge on any atom is -0.494 e. The Balaban J connectivity index is 1.46. The monoisotopic (exact) mass is 432 g/mol. The van der Waals surface area contributed by atoms with E-state index in [0.29, 0.717) is 24.5 Å². The maximum absolute atomic E-state index is 12.2. The fourth-order valence-corrected chi connectivity index (χ4v) is 4.75. The number of ether oxygens (including phenoxy) is 2. The fraction of sp³-hybridized carbons (Fsp3) is 0.333. The molecule has 1 aliphatic rings. The summed E-state index contributed by atoms with van der Waals surface area (Å²) >= 11 is 0. The summed E-state index contributed by atoms with van der Waals surface area (Å²) < 4.78 is 34.0. The van der Waals surface area contributed by atoms with E-state index in [1.165, 1.54) is 0 Å². The molecule has 1 fully saturated rings. The predicted octanol–water partition coefficient (Wildman–Crippen LogP) is 1.86. The van der Waals surface area contributed by atoms with Crippen molar-refractivity contribution >= 4 is 21.7 Å². The topological polar surface area (TPSA) is 111 Å². The Kier molecular flexibility index (Phi) is 6.94. The lowest BCUT2D eigenvalue weighted by Gasteiger charge is -2.11. The summed E-state index contributed by atoms with van der Waals surface area (Å²) in [6, 6.07) is 14.1. The van der Waals surface area contributed by atoms with Crippen molar-refractivity contribution in [2.24, 2.45) is 5.92 Å². The van der Waals surface area contributed by atoms with Gasteiger partial charge >= 0.3 is 0 Å². The molecular weight excluding hydrogens is 408 g/mol. The van der Waals surface area contributed by atoms with Gasteiger partial charge in [-0.3, -0.25) is 20.4 Å². The molecule has 2 aromatic rings. The average molecular weight is 432 g/mol. The number of amides is 2. The van der Waals surface area contributed by atoms with Gasteiger partial charge in [-0.05, 0) is 55.3 Å². The Morgan fingerprint density at radius 3 is 2.17 bits per heavy atom. The maximum Gasteiger partial charge on any atom is 0.269 e. The first-order valence-electron chi connectivity index (χ1n) is 9.61. The zero-order valence-corrected chi connectivity index (χ0v) is 17.4. The van der Waals surface area contributed by atoms with Crippen molar-refractivity contribution in [2.45, 2.75) is 20.0 Å². The largest absolute Gasteiger partial charge is 0.494 e. The van der Waals surface area contributed by atoms with E-state index in [9.17, 15) is 18.0 Å². The number of hydrogen-bond donors (Lipinski definition) is 2. The molecule has 1 saturated heterocycles. The highest BCUT2D eigenvalue weighted by Crippen LogP contribution is 2.19. The Morgan fingerprint density at radius 2 is 1.60 bits per heavy atom. The lowest BCUT2D eigenvalue weighted by Crippen LogP contribution is -2.44. The Morgan fingerprint density at radius 1 is 0.967 bits per heavy atom. The minimum absolute atomic E-state index is 0.000766. The molecule has 1 heterocycles. The van der Waals surface area contributed by atoms with Crippen molar-refractivity contribution in [3.05, 3.63) is 59.7 Å². The quantitative estimate of drug-likeness (QED) is 0.646. The van der Waals surface area contributed by atoms with Crippen LogP contribution in [-0.2, 0) is 21.2 Å². The standard InChI is InChI=1S/C21H24N2O6S/c1-2-28-18-7-9-19(10-8-18)29-13-15-3-5-16(6-4-15)20(24)22-23-21(25)17-11-12-30(26,27)14-17/h3-10,17H,2,11-14H2,1H3,(H,22,24)(H,23,25)/t17-/m0/s1. The molecule has 0 radical (unpaired) electrons. The molecule has 0 unspecified atom stereocenters. The molecule has 0 aromatic heterocycles. The van der Waals surface area contributed by atoms with E-state index >= 15 is 0 Å². The smallest absolute Gasteiger partial charge is 0.269 e. The number of carbonyl (C=O) groups is 2. The van der Waals surface area contributed by atoms with Crippen LogP contribution in [0.25, 0.3) is 0 Å². The second-order valence-corrected chi connectivity index (χ2v) is 9.16. The number of sulfone groups is 1. The molecule has 8 nitrogen and oxygen atoms in total. The second kappa shape index (κ2) is 9.62. The molecule has 2 amide bonds. The normalized spacial score (nSPS) is 17.2. The van der Waals surface area contributed by atoms with Gasteiger partial charge in [0.2, 0.25) is 5.91 Å². The Bertz CT molecular complexity index is 987. The van der Waals surface area contributed by atoms with Crippen LogP contribution in [-0.4, -0.2) is 38.3 Å². The van der Waals surface area contributed by atoms with Gasteiger partial charge in [-0.15, -0.1) is 0 Å². The second-order valence-electron chi connectivity index (χ2n) is 6.93. The van der Waals surface area contributed by atoms with Crippen LogP contribution in [0.2, 0.25) is 0 Å². The van der Waals surface area contributed by atoms with Crippen LogP contribution in [0, 0.1) is 5.92 Å². The average Bonchev–Trinajstić information content (AvgIpc) is 3.11. The van der Waals surface area contributed by atoms with Crippen LogP contribution in [0.3, 0.4) is 0 Å². The van der Waals surface area contributed by atoms with Gasteiger partial charge in [0.05, 0.1) is 24.0 Å². The van der Waals surface area contributed by atoms with E-state index in [2.05, 4.69) is 10.9 Å². The summed E-state index contributed by atoms with van der Waals surface area (Å²) in [7, 11) is -3.16. The molecule has 2 N–H and O–H groups in total. The number of nitrogens with one attached hydrogen (secondary N) is 2. The van der Waals surface area contributed by atoms with Crippen LogP contribution < -0.4 is 20.3 Å². The zero-order chi connectivity index (χ0) is 21.6. The van der Waals surface area contributed by atoms with E-state index in [1.54, 1.807) is 24.3 Å². The molecule has 0 saturated carbocycles. The number of hydrogen-bond acceptors (Lipinski definition) is 6. The molecule has 0 bridgehead atoms. The molecule has 160 valence electrons. The minimum atomic E-state index is -3.16. The fourth-order valence-electron chi connectivity index (χ4n) is 3.01. The molecule has 30 heavy (non-hydrogen) atoms. The molecule has 2 aromatic carbocycles. The lowest BCUT2D eigenvalue weighted by atomic mass is 10.1. The summed E-state index contributed by atoms with van der Waals surface area (Å²) in [5, 5.41) is 0. The first kappa shape index (κ1) is 21.6. The van der Waals surface area contributed by atoms with Gasteiger partial charge in [-0.25, -0.2) is 8.42 Å². The van der Waals surface area contributed by atoms with Gasteiger partial charge in [-0.1, -0.05) is 12.1 Å². The molecule has 0 spiro atoms. The van der Waals surface area contributed by atoms with Crippen molar-refractivity contribution in [3.63, 3.8) is 0 Å². The molecule has 3 rings (SSSR count). The summed E-state index contributed by atoms with van der Waals surface area (Å²) in [4.78, 5) is 24.2. The van der Waals surface area contributed by atoms with Crippen LogP contribution in [0.1, 0.15) is 29.3 Å². The van der Waals surface area contributed by atoms with E-state index < -0.39 is 27.6 Å². The lowest BCUT2D eigenvalue weighted by molar-refractivity contribution is -0.125. The van der Waals surface area contributed by atoms with E-state index in [-0.39, 0.29) is 17.9 Å². The van der Waals surface area contributed by atoms with Gasteiger partial charge in [0.25, 0.3) is 5.91 Å². The van der Waals surface area contributed by atoms with E-state index in [4.69, 9.17) is 9.47 Å². The molecule has 1 aliphatic heterocycles. The van der Waals surface area contributed by atoms with Crippen molar-refractivity contribution in [2.75, 3.05) is 18.1 Å². The SMILES string of the molecule is CCOc1ccc(OCc2ccc(C(=O)NNC(=O)[C@H]3CCS(=O)(=O)C3)cc2)cc1. The number of carbonyl (C=O) groups excluding carboxylic acids is 2. The molecule has 0 aliphatic carbocycles. The van der Waals surface area contributed by atoms with Crippen molar-refractivity contribution in [1.82, 2.24) is 10.9 Å². The van der Waals surface area contributed by atoms with Gasteiger partial charge < -0.3 is 9.47 Å². The predicted molar refractivity (Wildman–Crippen MR) is 111 cm³/mol. The Labute approximate surface area is 175 Å². The summed E-state index contributed by atoms with van der Waals surface area (Å²) in [6.45, 7) is 2.86. The van der Waals surface area contributed by atoms with Crippen LogP contribution in [0.15, 0.2) is 48.5 Å². The molecular formula is C21H24N2O6S. The zero-order valence-electron chi connectivity index (χ0n) is 16.6. The van der Waals surface area contributed by atoms with Gasteiger partial charge in [0.1, 0.15) is 18.1 Å². The van der Waals surface area contributed by atoms with Crippen molar-refractivity contribution in [1.29, 1.82) is 0 Å². The summed E-state index contributed by atoms with van der Waals surface area (Å²) in [5.41, 5.74) is 5.85. The number of hydrazine groups is 1. The number of benzene rings is 2. The first-order chi connectivity index (χ1) is 14.4. The summed E-state index contributed by atoms with van der Waals surface area (Å²) in [5.74, 6) is -0.305. The first-order valence-corrected chi connectivity index (χ1v) is 11.4. The summed E-state index contributed by atoms with van der Waals surface area (Å²) in [6.07, 6.45) is 0.271. The highest BCUT2D eigenvalue weighted by Gasteiger charge is 2.33. The number of rotatable bonds is 7. The molecule has 9 heteroatoms. The van der Waals surface area contributed by atoms with Crippen molar-refractivity contribution < 1.29 is 27.5 Å². The third kappa shape index (κ3) is 5.96. The molecule has 1 atom stereocenters. The highest BCUT2D eigenvalue weighted by atomic mass is 32.2. The van der Waals surface area contributed by atoms with Crippen LogP contribution in [0.5, 0.6) is 11.5 Å². The van der Waals surface area contributed by atoms with Gasteiger partial charge in [0.15, 0.2) is 9.84 Å². The van der Waals surface area contributed by atoms with E-state index in [0.717, 1.165) is 11.3 Å². The third-order valence-electron chi connectivity index (χ3n) is 4.66. The van der Waals surface area contributed by atoms with Crippen LogP contribution >= 0.6 is 0 Å².